The summed E-state index contributed by atoms with van der Waals surface area (Å²) >= 11 is 0. The van der Waals surface area contributed by atoms with Crippen LogP contribution >= 0.6 is 0 Å². The van der Waals surface area contributed by atoms with Crippen LogP contribution in [-0.4, -0.2) is 43.5 Å². The van der Waals surface area contributed by atoms with E-state index in [9.17, 15) is 9.18 Å². The fourth-order valence-corrected chi connectivity index (χ4v) is 4.29. The van der Waals surface area contributed by atoms with E-state index < -0.39 is 0 Å². The molecule has 1 aromatic carbocycles. The van der Waals surface area contributed by atoms with Crippen molar-refractivity contribution in [1.29, 1.82) is 0 Å². The second-order valence-corrected chi connectivity index (χ2v) is 7.50. The Balaban J connectivity index is 1.63. The van der Waals surface area contributed by atoms with Gasteiger partial charge < -0.3 is 10.6 Å². The second-order valence-electron chi connectivity index (χ2n) is 7.50. The highest BCUT2D eigenvalue weighted by atomic mass is 19.1. The van der Waals surface area contributed by atoms with Crippen molar-refractivity contribution in [2.75, 3.05) is 26.7 Å². The van der Waals surface area contributed by atoms with Gasteiger partial charge in [-0.15, -0.1) is 0 Å². The van der Waals surface area contributed by atoms with Crippen LogP contribution in [0.3, 0.4) is 0 Å². The third kappa shape index (κ3) is 5.02. The number of carbonyl (C=O) groups is 1. The van der Waals surface area contributed by atoms with Crippen LogP contribution < -0.4 is 10.6 Å². The second kappa shape index (κ2) is 8.77. The van der Waals surface area contributed by atoms with Gasteiger partial charge in [-0.1, -0.05) is 25.0 Å². The Morgan fingerprint density at radius 2 is 1.92 bits per heavy atom. The van der Waals surface area contributed by atoms with Gasteiger partial charge >= 0.3 is 0 Å². The van der Waals surface area contributed by atoms with Crippen LogP contribution in [0.1, 0.15) is 50.1 Å². The van der Waals surface area contributed by atoms with Gasteiger partial charge in [0.1, 0.15) is 5.82 Å². The lowest BCUT2D eigenvalue weighted by Crippen LogP contribution is -2.48. The Hall–Kier alpha value is -1.46. The molecule has 1 aliphatic heterocycles. The van der Waals surface area contributed by atoms with Gasteiger partial charge in [-0.25, -0.2) is 4.39 Å². The lowest BCUT2D eigenvalue weighted by atomic mass is 9.91. The van der Waals surface area contributed by atoms with E-state index in [1.54, 1.807) is 0 Å². The molecule has 4 nitrogen and oxygen atoms in total. The Kier molecular flexibility index (Phi) is 6.43. The molecule has 2 unspecified atom stereocenters. The van der Waals surface area contributed by atoms with Crippen molar-refractivity contribution >= 4 is 5.91 Å². The molecule has 5 heteroatoms. The van der Waals surface area contributed by atoms with Crippen molar-refractivity contribution < 1.29 is 9.18 Å². The number of likely N-dealkylation sites (N-methyl/N-ethyl adjacent to an activating group) is 1. The maximum absolute atomic E-state index is 13.3. The quantitative estimate of drug-likeness (QED) is 0.832. The lowest BCUT2D eigenvalue weighted by molar-refractivity contribution is -0.123. The number of amides is 1. The highest BCUT2D eigenvalue weighted by Crippen LogP contribution is 2.35. The van der Waals surface area contributed by atoms with E-state index in [2.05, 4.69) is 15.5 Å². The number of nitrogens with zero attached hydrogens (tertiary/aromatic N) is 1. The molecule has 2 N–H and O–H groups in total. The van der Waals surface area contributed by atoms with Crippen LogP contribution in [0.25, 0.3) is 0 Å². The highest BCUT2D eigenvalue weighted by molar-refractivity contribution is 5.78. The highest BCUT2D eigenvalue weighted by Gasteiger charge is 2.28. The number of benzene rings is 1. The maximum atomic E-state index is 13.3. The largest absolute Gasteiger partial charge is 0.348 e. The molecule has 1 saturated heterocycles. The maximum Gasteiger partial charge on any atom is 0.234 e. The lowest BCUT2D eigenvalue weighted by Gasteiger charge is -2.33. The molecule has 2 atom stereocenters. The normalized spacial score (nSPS) is 23.5. The third-order valence-electron chi connectivity index (χ3n) is 5.70. The number of likely N-dealkylation sites (tertiary alicyclic amines) is 1. The average molecular weight is 347 g/mol. The molecule has 1 aromatic rings. The van der Waals surface area contributed by atoms with Crippen LogP contribution in [0.5, 0.6) is 0 Å². The summed E-state index contributed by atoms with van der Waals surface area (Å²) in [6, 6.07) is 7.09. The minimum atomic E-state index is -0.230. The van der Waals surface area contributed by atoms with Crippen LogP contribution in [0.4, 0.5) is 4.39 Å². The molecular formula is C20H30FN3O. The van der Waals surface area contributed by atoms with Crippen molar-refractivity contribution in [3.8, 4) is 0 Å². The van der Waals surface area contributed by atoms with Gasteiger partial charge in [0.05, 0.1) is 12.6 Å². The molecule has 0 bridgehead atoms. The Morgan fingerprint density at radius 1 is 1.20 bits per heavy atom. The summed E-state index contributed by atoms with van der Waals surface area (Å²) in [6.45, 7) is 2.35. The zero-order valence-corrected chi connectivity index (χ0v) is 15.1. The number of piperidine rings is 1. The van der Waals surface area contributed by atoms with Crippen molar-refractivity contribution in [1.82, 2.24) is 15.5 Å². The summed E-state index contributed by atoms with van der Waals surface area (Å²) in [5.41, 5.74) is 1.02. The summed E-state index contributed by atoms with van der Waals surface area (Å²) in [7, 11) is 1.99. The zero-order chi connectivity index (χ0) is 17.6. The molecule has 1 aliphatic carbocycles. The van der Waals surface area contributed by atoms with Gasteiger partial charge in [-0.3, -0.25) is 9.69 Å². The molecule has 0 radical (unpaired) electrons. The molecule has 2 fully saturated rings. The van der Waals surface area contributed by atoms with Crippen LogP contribution in [0, 0.1) is 11.7 Å². The molecule has 1 heterocycles. The standard InChI is InChI=1S/C20H30FN3O/c1-22-18-7-4-12-24(13-18)14-19(25)23-20(15-5-2-3-6-15)16-8-10-17(21)11-9-16/h8-11,15,18,20,22H,2-7,12-14H2,1H3,(H,23,25). The summed E-state index contributed by atoms with van der Waals surface area (Å²) < 4.78 is 13.3. The van der Waals surface area contributed by atoms with E-state index in [1.807, 2.05) is 19.2 Å². The van der Waals surface area contributed by atoms with Gasteiger partial charge in [-0.05, 0) is 62.9 Å². The minimum absolute atomic E-state index is 0.000452. The van der Waals surface area contributed by atoms with E-state index in [0.717, 1.165) is 37.9 Å². The first-order chi connectivity index (χ1) is 12.2. The summed E-state index contributed by atoms with van der Waals surface area (Å²) in [5, 5.41) is 6.57. The Morgan fingerprint density at radius 3 is 2.60 bits per heavy atom. The predicted molar refractivity (Wildman–Crippen MR) is 97.8 cm³/mol. The molecule has 0 spiro atoms. The van der Waals surface area contributed by atoms with Crippen molar-refractivity contribution in [3.05, 3.63) is 35.6 Å². The summed E-state index contributed by atoms with van der Waals surface area (Å²) in [4.78, 5) is 14.9. The molecule has 1 saturated carbocycles. The first kappa shape index (κ1) is 18.3. The fourth-order valence-electron chi connectivity index (χ4n) is 4.29. The first-order valence-electron chi connectivity index (χ1n) is 9.60. The van der Waals surface area contributed by atoms with E-state index >= 15 is 0 Å². The first-order valence-corrected chi connectivity index (χ1v) is 9.60. The molecular weight excluding hydrogens is 317 g/mol. The number of carbonyl (C=O) groups excluding carboxylic acids is 1. The fraction of sp³-hybridized carbons (Fsp3) is 0.650. The number of rotatable bonds is 6. The van der Waals surface area contributed by atoms with Crippen molar-refractivity contribution in [2.45, 2.75) is 50.6 Å². The molecule has 1 amide bonds. The van der Waals surface area contributed by atoms with E-state index in [-0.39, 0.29) is 17.8 Å². The summed E-state index contributed by atoms with van der Waals surface area (Å²) in [5.74, 6) is 0.311. The minimum Gasteiger partial charge on any atom is -0.348 e. The number of hydrogen-bond donors (Lipinski definition) is 2. The molecule has 25 heavy (non-hydrogen) atoms. The van der Waals surface area contributed by atoms with Gasteiger partial charge in [-0.2, -0.15) is 0 Å². The monoisotopic (exact) mass is 347 g/mol. The van der Waals surface area contributed by atoms with Gasteiger partial charge in [0, 0.05) is 12.6 Å². The van der Waals surface area contributed by atoms with Crippen molar-refractivity contribution in [2.24, 2.45) is 5.92 Å². The Bertz CT molecular complexity index is 557. The van der Waals surface area contributed by atoms with Crippen LogP contribution in [-0.2, 0) is 4.79 Å². The van der Waals surface area contributed by atoms with Gasteiger partial charge in [0.15, 0.2) is 0 Å². The SMILES string of the molecule is CNC1CCCN(CC(=O)NC(c2ccc(F)cc2)C2CCCC2)C1. The predicted octanol–water partition coefficient (Wildman–Crippen LogP) is 2.86. The van der Waals surface area contributed by atoms with Crippen molar-refractivity contribution in [3.63, 3.8) is 0 Å². The topological polar surface area (TPSA) is 44.4 Å². The van der Waals surface area contributed by atoms with Gasteiger partial charge in [0.2, 0.25) is 5.91 Å². The van der Waals surface area contributed by atoms with Crippen LogP contribution in [0.2, 0.25) is 0 Å². The average Bonchev–Trinajstić information content (AvgIpc) is 3.15. The van der Waals surface area contributed by atoms with E-state index in [4.69, 9.17) is 0 Å². The molecule has 0 aromatic heterocycles. The van der Waals surface area contributed by atoms with E-state index in [1.165, 1.54) is 31.4 Å². The zero-order valence-electron chi connectivity index (χ0n) is 15.1. The number of nitrogens with one attached hydrogen (secondary N) is 2. The van der Waals surface area contributed by atoms with Gasteiger partial charge in [0.25, 0.3) is 0 Å². The van der Waals surface area contributed by atoms with E-state index in [0.29, 0.717) is 18.5 Å². The molecule has 138 valence electrons. The van der Waals surface area contributed by atoms with Crippen LogP contribution in [0.15, 0.2) is 24.3 Å². The third-order valence-corrected chi connectivity index (χ3v) is 5.70. The Labute approximate surface area is 150 Å². The molecule has 2 aliphatic rings. The number of halogens is 1. The number of hydrogen-bond acceptors (Lipinski definition) is 3. The summed E-state index contributed by atoms with van der Waals surface area (Å²) in [6.07, 6.45) is 7.00. The molecule has 3 rings (SSSR count). The smallest absolute Gasteiger partial charge is 0.234 e.